The molecule has 4 rings (SSSR count). The van der Waals surface area contributed by atoms with Crippen LogP contribution in [0.25, 0.3) is 0 Å². The van der Waals surface area contributed by atoms with Crippen molar-refractivity contribution in [1.82, 2.24) is 5.32 Å². The molecule has 0 fully saturated rings. The molecule has 9 nitrogen and oxygen atoms in total. The first-order valence-corrected chi connectivity index (χ1v) is 16.5. The molecule has 42 heavy (non-hydrogen) atoms. The van der Waals surface area contributed by atoms with Crippen molar-refractivity contribution in [2.75, 3.05) is 15.8 Å². The number of sulfonamides is 1. The molecule has 0 aromatic heterocycles. The minimum atomic E-state index is -3.73. The van der Waals surface area contributed by atoms with Gasteiger partial charge in [-0.05, 0) is 77.4 Å². The van der Waals surface area contributed by atoms with Gasteiger partial charge in [-0.25, -0.2) is 13.2 Å². The predicted octanol–water partition coefficient (Wildman–Crippen LogP) is 6.43. The Kier molecular flexibility index (Phi) is 9.79. The summed E-state index contributed by atoms with van der Waals surface area (Å²) in [6.07, 6.45) is 3.43. The molecule has 2 aromatic carbocycles. The van der Waals surface area contributed by atoms with Crippen molar-refractivity contribution in [2.24, 2.45) is 5.92 Å². The van der Waals surface area contributed by atoms with Crippen LogP contribution in [0.1, 0.15) is 80.3 Å². The number of hydrogen-bond acceptors (Lipinski definition) is 7. The van der Waals surface area contributed by atoms with Gasteiger partial charge in [-0.2, -0.15) is 5.26 Å². The van der Waals surface area contributed by atoms with Gasteiger partial charge < -0.3 is 15.7 Å². The van der Waals surface area contributed by atoms with Crippen LogP contribution in [0.5, 0.6) is 0 Å². The first kappa shape index (κ1) is 31.3. The molecule has 1 aliphatic heterocycles. The van der Waals surface area contributed by atoms with Crippen LogP contribution >= 0.6 is 15.9 Å². The lowest BCUT2D eigenvalue weighted by atomic mass is 9.72. The lowest BCUT2D eigenvalue weighted by molar-refractivity contribution is -0.117. The summed E-state index contributed by atoms with van der Waals surface area (Å²) >= 11 is 3.59. The van der Waals surface area contributed by atoms with Crippen molar-refractivity contribution in [3.63, 3.8) is 0 Å². The molecule has 2 atom stereocenters. The van der Waals surface area contributed by atoms with E-state index in [9.17, 15) is 28.4 Å². The van der Waals surface area contributed by atoms with Crippen molar-refractivity contribution in [3.8, 4) is 6.07 Å². The molecule has 2 aromatic rings. The molecule has 0 radical (unpaired) electrons. The number of carbonyl (C=O) groups excluding carboxylic acids is 1. The number of nitriles is 1. The molecular weight excluding hydrogens is 620 g/mol. The number of aromatic carboxylic acids is 1. The monoisotopic (exact) mass is 654 g/mol. The third-order valence-electron chi connectivity index (χ3n) is 7.62. The van der Waals surface area contributed by atoms with Crippen molar-refractivity contribution in [1.29, 1.82) is 5.26 Å². The summed E-state index contributed by atoms with van der Waals surface area (Å²) in [6, 6.07) is 12.3. The summed E-state index contributed by atoms with van der Waals surface area (Å²) in [5, 5.41) is 26.3. The van der Waals surface area contributed by atoms with Gasteiger partial charge in [-0.1, -0.05) is 38.5 Å². The van der Waals surface area contributed by atoms with Crippen LogP contribution in [0.2, 0.25) is 0 Å². The Morgan fingerprint density at radius 1 is 1.19 bits per heavy atom. The van der Waals surface area contributed by atoms with E-state index in [2.05, 4.69) is 44.3 Å². The quantitative estimate of drug-likeness (QED) is 0.217. The maximum atomic E-state index is 13.5. The van der Waals surface area contributed by atoms with E-state index >= 15 is 0 Å². The minimum Gasteiger partial charge on any atom is -0.478 e. The fraction of sp³-hybridized carbons (Fsp3) is 0.387. The highest BCUT2D eigenvalue weighted by Gasteiger charge is 2.39. The van der Waals surface area contributed by atoms with Gasteiger partial charge in [-0.15, -0.1) is 0 Å². The molecule has 0 saturated carbocycles. The minimum absolute atomic E-state index is 0.0100. The molecule has 0 spiro atoms. The van der Waals surface area contributed by atoms with Gasteiger partial charge in [0, 0.05) is 34.4 Å². The Labute approximate surface area is 255 Å². The summed E-state index contributed by atoms with van der Waals surface area (Å²) in [5.74, 6) is -1.60. The molecule has 2 aliphatic rings. The van der Waals surface area contributed by atoms with Crippen LogP contribution in [0.15, 0.2) is 63.4 Å². The van der Waals surface area contributed by atoms with Gasteiger partial charge >= 0.3 is 5.97 Å². The highest BCUT2D eigenvalue weighted by Crippen LogP contribution is 2.46. The van der Waals surface area contributed by atoms with Gasteiger partial charge in [0.2, 0.25) is 10.0 Å². The summed E-state index contributed by atoms with van der Waals surface area (Å²) in [7, 11) is -3.73. The van der Waals surface area contributed by atoms with Crippen molar-refractivity contribution >= 4 is 49.1 Å². The Bertz CT molecular complexity index is 1620. The molecule has 4 N–H and O–H groups in total. The fourth-order valence-corrected chi connectivity index (χ4v) is 7.58. The van der Waals surface area contributed by atoms with E-state index in [0.29, 0.717) is 57.4 Å². The van der Waals surface area contributed by atoms with E-state index < -0.39 is 21.9 Å². The number of hydrogen-bond donors (Lipinski definition) is 4. The van der Waals surface area contributed by atoms with E-state index in [4.69, 9.17) is 0 Å². The first-order chi connectivity index (χ1) is 20.0. The van der Waals surface area contributed by atoms with Crippen molar-refractivity contribution in [3.05, 3.63) is 80.1 Å². The first-order valence-electron chi connectivity index (χ1n) is 14.0. The molecular formula is C31H35BrN4O5S. The Morgan fingerprint density at radius 3 is 2.60 bits per heavy atom. The number of rotatable bonds is 11. The highest BCUT2D eigenvalue weighted by atomic mass is 79.9. The van der Waals surface area contributed by atoms with Crippen molar-refractivity contribution in [2.45, 2.75) is 65.3 Å². The molecule has 11 heteroatoms. The number of carboxylic acids is 1. The average molecular weight is 656 g/mol. The molecule has 2 unspecified atom stereocenters. The summed E-state index contributed by atoms with van der Waals surface area (Å²) in [4.78, 5) is 25.3. The molecule has 1 aliphatic carbocycles. The lowest BCUT2D eigenvalue weighted by Gasteiger charge is -2.36. The number of ketones is 1. The zero-order valence-corrected chi connectivity index (χ0v) is 26.3. The second-order valence-corrected chi connectivity index (χ2v) is 13.4. The molecule has 0 amide bonds. The number of anilines is 2. The zero-order valence-electron chi connectivity index (χ0n) is 23.9. The van der Waals surface area contributed by atoms with Gasteiger partial charge in [0.25, 0.3) is 0 Å². The Morgan fingerprint density at radius 2 is 1.93 bits per heavy atom. The summed E-state index contributed by atoms with van der Waals surface area (Å²) in [6.45, 7) is 5.80. The third-order valence-corrected chi connectivity index (χ3v) is 9.72. The maximum absolute atomic E-state index is 13.5. The Balaban J connectivity index is 1.83. The van der Waals surface area contributed by atoms with Crippen LogP contribution in [0, 0.1) is 17.2 Å². The zero-order chi connectivity index (χ0) is 30.6. The van der Waals surface area contributed by atoms with E-state index in [1.54, 1.807) is 37.3 Å². The fourth-order valence-electron chi connectivity index (χ4n) is 5.82. The van der Waals surface area contributed by atoms with Crippen LogP contribution < -0.4 is 15.4 Å². The third kappa shape index (κ3) is 6.71. The number of halogens is 1. The number of carbonyl (C=O) groups is 2. The summed E-state index contributed by atoms with van der Waals surface area (Å²) < 4.78 is 29.1. The number of dihydropyridines is 1. The summed E-state index contributed by atoms with van der Waals surface area (Å²) in [5.41, 5.74) is 4.36. The number of benzene rings is 2. The Hall–Kier alpha value is -3.62. The highest BCUT2D eigenvalue weighted by molar-refractivity contribution is 9.10. The number of nitrogens with zero attached hydrogens (tertiary/aromatic N) is 1. The smallest absolute Gasteiger partial charge is 0.336 e. The van der Waals surface area contributed by atoms with Crippen molar-refractivity contribution < 1.29 is 23.1 Å². The van der Waals surface area contributed by atoms with E-state index in [-0.39, 0.29) is 35.2 Å². The normalized spacial score (nSPS) is 18.7. The maximum Gasteiger partial charge on any atom is 0.336 e. The molecule has 0 saturated heterocycles. The van der Waals surface area contributed by atoms with Crippen LogP contribution in [0.4, 0.5) is 11.4 Å². The van der Waals surface area contributed by atoms with E-state index in [1.165, 1.54) is 6.07 Å². The van der Waals surface area contributed by atoms with Gasteiger partial charge in [0.15, 0.2) is 5.78 Å². The standard InChI is InChI=1S/C31H35BrN4O5S/c1-4-8-19-12-25-29(27(37)13-19)28(23(16-33)18(3)35-25)21-14-24(32)30(26(15-21)36-42(40,41)11-5-2)34-17-20-9-6-7-10-22(20)31(38)39/h6-7,9-10,14-15,19,28,34-36H,4-5,8,11-13,17H2,1-3H3,(H,38,39). The van der Waals surface area contributed by atoms with E-state index in [0.717, 1.165) is 18.5 Å². The number of nitrogens with one attached hydrogen (secondary N) is 3. The predicted molar refractivity (Wildman–Crippen MR) is 166 cm³/mol. The molecule has 222 valence electrons. The second kappa shape index (κ2) is 13.1. The largest absolute Gasteiger partial charge is 0.478 e. The van der Waals surface area contributed by atoms with Crippen LogP contribution in [-0.2, 0) is 21.4 Å². The van der Waals surface area contributed by atoms with Gasteiger partial charge in [0.1, 0.15) is 0 Å². The van der Waals surface area contributed by atoms with E-state index in [1.807, 2.05) is 6.92 Å². The van der Waals surface area contributed by atoms with Gasteiger partial charge in [-0.3, -0.25) is 9.52 Å². The second-order valence-electron chi connectivity index (χ2n) is 10.7. The number of allylic oxidation sites excluding steroid dienone is 4. The average Bonchev–Trinajstić information content (AvgIpc) is 2.91. The van der Waals surface area contributed by atoms with Crippen LogP contribution in [0.3, 0.4) is 0 Å². The molecule has 0 bridgehead atoms. The number of Topliss-reactive ketones (excluding diaryl/α,β-unsaturated/α-hetero) is 1. The molecule has 1 heterocycles. The van der Waals surface area contributed by atoms with Gasteiger partial charge in [0.05, 0.1) is 40.3 Å². The topological polar surface area (TPSA) is 148 Å². The lowest BCUT2D eigenvalue weighted by Crippen LogP contribution is -2.34. The SMILES string of the molecule is CCCC1CC(=O)C2=C(C1)NC(C)=C(C#N)C2c1cc(Br)c(NCc2ccccc2C(=O)O)c(NS(=O)(=O)CCC)c1. The van der Waals surface area contributed by atoms with Crippen LogP contribution in [-0.4, -0.2) is 31.0 Å². The number of carboxylic acid groups (broad SMARTS) is 1.